The molecule has 0 bridgehead atoms. The molecule has 2 aromatic carbocycles. The highest BCUT2D eigenvalue weighted by Gasteiger charge is 2.21. The summed E-state index contributed by atoms with van der Waals surface area (Å²) in [6.45, 7) is 3.60. The zero-order valence-corrected chi connectivity index (χ0v) is 16.8. The predicted molar refractivity (Wildman–Crippen MR) is 110 cm³/mol. The Balaban J connectivity index is 2.21. The normalized spacial score (nSPS) is 12.5. The minimum atomic E-state index is -1.34. The first-order valence-corrected chi connectivity index (χ1v) is 9.57. The van der Waals surface area contributed by atoms with Gasteiger partial charge < -0.3 is 14.8 Å². The van der Waals surface area contributed by atoms with Crippen molar-refractivity contribution in [3.8, 4) is 0 Å². The van der Waals surface area contributed by atoms with Crippen molar-refractivity contribution in [1.29, 1.82) is 0 Å². The maximum atomic E-state index is 14.3. The Bertz CT molecular complexity index is 1140. The van der Waals surface area contributed by atoms with Gasteiger partial charge in [0.2, 0.25) is 5.43 Å². The highest BCUT2D eigenvalue weighted by molar-refractivity contribution is 6.30. The number of aliphatic hydroxyl groups excluding tert-OH is 1. The van der Waals surface area contributed by atoms with E-state index in [9.17, 15) is 24.2 Å². The lowest BCUT2D eigenvalue weighted by Crippen LogP contribution is -2.25. The molecule has 0 amide bonds. The van der Waals surface area contributed by atoms with Gasteiger partial charge in [0.1, 0.15) is 11.4 Å². The third kappa shape index (κ3) is 4.04. The largest absolute Gasteiger partial charge is 0.477 e. The number of aromatic nitrogens is 1. The van der Waals surface area contributed by atoms with Crippen LogP contribution in [0.5, 0.6) is 0 Å². The predicted octanol–water partition coefficient (Wildman–Crippen LogP) is 4.27. The van der Waals surface area contributed by atoms with Crippen molar-refractivity contribution in [1.82, 2.24) is 4.57 Å². The van der Waals surface area contributed by atoms with Gasteiger partial charge in [-0.15, -0.1) is 0 Å². The zero-order valence-electron chi connectivity index (χ0n) is 16.0. The molecule has 0 saturated carbocycles. The van der Waals surface area contributed by atoms with Gasteiger partial charge in [0, 0.05) is 18.0 Å². The minimum absolute atomic E-state index is 0.00702. The molecule has 0 aliphatic heterocycles. The van der Waals surface area contributed by atoms with Crippen LogP contribution in [0, 0.1) is 11.7 Å². The van der Waals surface area contributed by atoms with Crippen molar-refractivity contribution in [2.75, 3.05) is 6.61 Å². The van der Waals surface area contributed by atoms with Gasteiger partial charge in [0.25, 0.3) is 0 Å². The van der Waals surface area contributed by atoms with E-state index in [1.807, 2.05) is 13.8 Å². The number of carbonyl (C=O) groups is 1. The Labute approximate surface area is 172 Å². The Kier molecular flexibility index (Phi) is 6.05. The van der Waals surface area contributed by atoms with Gasteiger partial charge in [0.05, 0.1) is 23.2 Å². The van der Waals surface area contributed by atoms with Crippen LogP contribution in [0.3, 0.4) is 0 Å². The zero-order chi connectivity index (χ0) is 21.3. The Morgan fingerprint density at radius 2 is 1.97 bits per heavy atom. The maximum absolute atomic E-state index is 14.3. The first-order valence-electron chi connectivity index (χ1n) is 9.19. The molecule has 0 aliphatic carbocycles. The van der Waals surface area contributed by atoms with Crippen molar-refractivity contribution >= 4 is 28.5 Å². The van der Waals surface area contributed by atoms with Crippen molar-refractivity contribution < 1.29 is 19.4 Å². The SMILES string of the molecule is CC(C)[C@H](CO)n1cc(C(=O)O)c(=O)c2cc(Cc3cccc(Cl)c3F)ccc21. The van der Waals surface area contributed by atoms with Crippen LogP contribution in [0.15, 0.2) is 47.4 Å². The van der Waals surface area contributed by atoms with Crippen molar-refractivity contribution in [2.24, 2.45) is 5.92 Å². The molecule has 2 N–H and O–H groups in total. The fourth-order valence-corrected chi connectivity index (χ4v) is 3.66. The molecule has 5 nitrogen and oxygen atoms in total. The summed E-state index contributed by atoms with van der Waals surface area (Å²) in [4.78, 5) is 24.4. The molecule has 1 atom stereocenters. The fourth-order valence-electron chi connectivity index (χ4n) is 3.46. The molecular weight excluding hydrogens is 397 g/mol. The van der Waals surface area contributed by atoms with Crippen molar-refractivity contribution in [3.63, 3.8) is 0 Å². The van der Waals surface area contributed by atoms with E-state index in [0.29, 0.717) is 16.6 Å². The summed E-state index contributed by atoms with van der Waals surface area (Å²) < 4.78 is 15.9. The van der Waals surface area contributed by atoms with E-state index in [0.717, 1.165) is 0 Å². The molecule has 1 aromatic heterocycles. The van der Waals surface area contributed by atoms with Gasteiger partial charge in [-0.25, -0.2) is 9.18 Å². The lowest BCUT2D eigenvalue weighted by Gasteiger charge is -2.25. The van der Waals surface area contributed by atoms with Crippen LogP contribution >= 0.6 is 11.6 Å². The van der Waals surface area contributed by atoms with Gasteiger partial charge >= 0.3 is 5.97 Å². The van der Waals surface area contributed by atoms with Crippen LogP contribution in [0.1, 0.15) is 41.4 Å². The average molecular weight is 418 g/mol. The topological polar surface area (TPSA) is 79.5 Å². The number of aromatic carboxylic acids is 1. The second-order valence-electron chi connectivity index (χ2n) is 7.32. The molecule has 0 saturated heterocycles. The molecule has 29 heavy (non-hydrogen) atoms. The molecule has 3 rings (SSSR count). The van der Waals surface area contributed by atoms with Crippen LogP contribution in [-0.4, -0.2) is 27.4 Å². The summed E-state index contributed by atoms with van der Waals surface area (Å²) in [5.41, 5.74) is 0.556. The number of rotatable bonds is 6. The van der Waals surface area contributed by atoms with E-state index in [1.165, 1.54) is 12.3 Å². The van der Waals surface area contributed by atoms with E-state index in [4.69, 9.17) is 11.6 Å². The average Bonchev–Trinajstić information content (AvgIpc) is 2.67. The van der Waals surface area contributed by atoms with E-state index in [1.54, 1.807) is 34.9 Å². The smallest absolute Gasteiger partial charge is 0.341 e. The molecule has 0 aliphatic rings. The number of pyridine rings is 1. The fraction of sp³-hybridized carbons (Fsp3) is 0.273. The third-order valence-electron chi connectivity index (χ3n) is 5.07. The molecule has 0 radical (unpaired) electrons. The number of carboxylic acids is 1. The highest BCUT2D eigenvalue weighted by Crippen LogP contribution is 2.26. The Morgan fingerprint density at radius 3 is 2.59 bits per heavy atom. The van der Waals surface area contributed by atoms with Gasteiger partial charge in [-0.3, -0.25) is 4.79 Å². The monoisotopic (exact) mass is 417 g/mol. The molecule has 0 spiro atoms. The maximum Gasteiger partial charge on any atom is 0.341 e. The second kappa shape index (κ2) is 8.35. The third-order valence-corrected chi connectivity index (χ3v) is 5.36. The van der Waals surface area contributed by atoms with E-state index < -0.39 is 23.3 Å². The van der Waals surface area contributed by atoms with Crippen LogP contribution in [0.2, 0.25) is 5.02 Å². The quantitative estimate of drug-likeness (QED) is 0.627. The summed E-state index contributed by atoms with van der Waals surface area (Å²) >= 11 is 5.84. The van der Waals surface area contributed by atoms with Gasteiger partial charge in [-0.2, -0.15) is 0 Å². The van der Waals surface area contributed by atoms with Crippen molar-refractivity contribution in [2.45, 2.75) is 26.3 Å². The Hall–Kier alpha value is -2.70. The number of benzene rings is 2. The van der Waals surface area contributed by atoms with Crippen LogP contribution in [0.25, 0.3) is 10.9 Å². The number of fused-ring (bicyclic) bond motifs is 1. The summed E-state index contributed by atoms with van der Waals surface area (Å²) in [6.07, 6.45) is 1.48. The first kappa shape index (κ1) is 21.0. The molecular formula is C22H21ClFNO4. The number of hydrogen-bond acceptors (Lipinski definition) is 3. The number of halogens is 2. The molecule has 1 heterocycles. The summed E-state index contributed by atoms with van der Waals surface area (Å²) in [6, 6.07) is 9.35. The second-order valence-corrected chi connectivity index (χ2v) is 7.73. The van der Waals surface area contributed by atoms with Crippen LogP contribution in [0.4, 0.5) is 4.39 Å². The van der Waals surface area contributed by atoms with Crippen molar-refractivity contribution in [3.05, 3.63) is 80.3 Å². The number of carboxylic acid groups (broad SMARTS) is 1. The lowest BCUT2D eigenvalue weighted by molar-refractivity contribution is 0.0694. The number of hydrogen-bond donors (Lipinski definition) is 2. The van der Waals surface area contributed by atoms with Crippen LogP contribution in [-0.2, 0) is 6.42 Å². The van der Waals surface area contributed by atoms with E-state index in [2.05, 4.69) is 0 Å². The molecule has 7 heteroatoms. The standard InChI is InChI=1S/C22H21ClFNO4/c1-12(2)19(11-26)25-10-16(22(28)29)21(27)15-9-13(6-7-18(15)25)8-14-4-3-5-17(23)20(14)24/h3-7,9-10,12,19,26H,8,11H2,1-2H3,(H,28,29)/t19-/m0/s1. The number of nitrogens with zero attached hydrogens (tertiary/aromatic N) is 1. The Morgan fingerprint density at radius 1 is 1.24 bits per heavy atom. The summed E-state index contributed by atoms with van der Waals surface area (Å²) in [5, 5.41) is 19.5. The minimum Gasteiger partial charge on any atom is -0.477 e. The molecule has 3 aromatic rings. The van der Waals surface area contributed by atoms with Crippen LogP contribution < -0.4 is 5.43 Å². The first-order chi connectivity index (χ1) is 13.7. The number of aliphatic hydroxyl groups is 1. The van der Waals surface area contributed by atoms with Gasteiger partial charge in [-0.1, -0.05) is 43.6 Å². The molecule has 0 fully saturated rings. The summed E-state index contributed by atoms with van der Waals surface area (Å²) in [5.74, 6) is -1.85. The molecule has 152 valence electrons. The lowest BCUT2D eigenvalue weighted by atomic mass is 9.99. The summed E-state index contributed by atoms with van der Waals surface area (Å²) in [7, 11) is 0. The highest BCUT2D eigenvalue weighted by atomic mass is 35.5. The van der Waals surface area contributed by atoms with E-state index in [-0.39, 0.29) is 34.9 Å². The van der Waals surface area contributed by atoms with Gasteiger partial charge in [0.15, 0.2) is 0 Å². The molecule has 0 unspecified atom stereocenters. The van der Waals surface area contributed by atoms with E-state index >= 15 is 0 Å². The van der Waals surface area contributed by atoms with Gasteiger partial charge in [-0.05, 0) is 35.2 Å².